The molecule has 21 heavy (non-hydrogen) atoms. The second kappa shape index (κ2) is 5.18. The Hall–Kier alpha value is -2.40. The molecule has 2 aromatic rings. The number of benzene rings is 2. The second-order valence-electron chi connectivity index (χ2n) is 4.96. The molecule has 0 aromatic heterocycles. The van der Waals surface area contributed by atoms with E-state index in [9.17, 15) is 9.18 Å². The van der Waals surface area contributed by atoms with Crippen molar-refractivity contribution in [2.24, 2.45) is 5.73 Å². The first-order valence-electron chi connectivity index (χ1n) is 6.59. The maximum atomic E-state index is 13.4. The minimum absolute atomic E-state index is 0.224. The lowest BCUT2D eigenvalue weighted by Crippen LogP contribution is -2.31. The zero-order valence-corrected chi connectivity index (χ0v) is 11.5. The summed E-state index contributed by atoms with van der Waals surface area (Å²) in [5.74, 6) is 0.104. The third-order valence-corrected chi connectivity index (χ3v) is 3.63. The number of hydrogen-bond acceptors (Lipinski definition) is 3. The molecule has 108 valence electrons. The van der Waals surface area contributed by atoms with E-state index in [1.54, 1.807) is 13.2 Å². The van der Waals surface area contributed by atoms with E-state index in [0.717, 1.165) is 5.56 Å². The molecule has 5 heteroatoms. The average Bonchev–Trinajstić information content (AvgIpc) is 2.72. The Morgan fingerprint density at radius 2 is 2.10 bits per heavy atom. The lowest BCUT2D eigenvalue weighted by molar-refractivity contribution is -0.119. The van der Waals surface area contributed by atoms with Gasteiger partial charge < -0.3 is 15.4 Å². The minimum atomic E-state index is -0.730. The Kier molecular flexibility index (Phi) is 3.35. The van der Waals surface area contributed by atoms with E-state index in [-0.39, 0.29) is 11.7 Å². The van der Waals surface area contributed by atoms with Gasteiger partial charge in [0.1, 0.15) is 17.6 Å². The fourth-order valence-electron chi connectivity index (χ4n) is 2.55. The first-order chi connectivity index (χ1) is 10.1. The fourth-order valence-corrected chi connectivity index (χ4v) is 2.55. The lowest BCUT2D eigenvalue weighted by Gasteiger charge is -2.18. The predicted molar refractivity (Wildman–Crippen MR) is 77.5 cm³/mol. The Morgan fingerprint density at radius 3 is 2.86 bits per heavy atom. The van der Waals surface area contributed by atoms with E-state index < -0.39 is 6.04 Å². The van der Waals surface area contributed by atoms with Gasteiger partial charge in [-0.15, -0.1) is 0 Å². The van der Waals surface area contributed by atoms with Gasteiger partial charge in [-0.3, -0.25) is 4.79 Å². The molecule has 0 aliphatic carbocycles. The van der Waals surface area contributed by atoms with Crippen LogP contribution in [0.5, 0.6) is 5.75 Å². The first-order valence-corrected chi connectivity index (χ1v) is 6.59. The number of rotatable bonds is 3. The van der Waals surface area contributed by atoms with Gasteiger partial charge in [0.05, 0.1) is 19.3 Å². The van der Waals surface area contributed by atoms with Crippen LogP contribution in [0.3, 0.4) is 0 Å². The van der Waals surface area contributed by atoms with E-state index in [0.29, 0.717) is 23.5 Å². The molecule has 2 aromatic carbocycles. The van der Waals surface area contributed by atoms with E-state index >= 15 is 0 Å². The third-order valence-electron chi connectivity index (χ3n) is 3.63. The SMILES string of the molecule is COc1cccc(CN2C(=O)C(N)c3ccc(F)cc32)c1. The summed E-state index contributed by atoms with van der Waals surface area (Å²) in [5, 5.41) is 0. The molecule has 1 aliphatic rings. The molecule has 0 radical (unpaired) electrons. The highest BCUT2D eigenvalue weighted by molar-refractivity contribution is 6.04. The number of carbonyl (C=O) groups is 1. The molecule has 1 atom stereocenters. The number of carbonyl (C=O) groups excluding carboxylic acids is 1. The van der Waals surface area contributed by atoms with Crippen molar-refractivity contribution in [3.05, 3.63) is 59.4 Å². The molecule has 1 heterocycles. The van der Waals surface area contributed by atoms with Crippen molar-refractivity contribution in [1.29, 1.82) is 0 Å². The predicted octanol–water partition coefficient (Wildman–Crippen LogP) is 2.38. The molecule has 1 unspecified atom stereocenters. The molecule has 0 fully saturated rings. The number of anilines is 1. The molecule has 0 spiro atoms. The van der Waals surface area contributed by atoms with Crippen LogP contribution < -0.4 is 15.4 Å². The van der Waals surface area contributed by atoms with Crippen LogP contribution in [0.15, 0.2) is 42.5 Å². The fraction of sp³-hybridized carbons (Fsp3) is 0.188. The number of amides is 1. The molecule has 3 rings (SSSR count). The summed E-state index contributed by atoms with van der Waals surface area (Å²) in [7, 11) is 1.58. The van der Waals surface area contributed by atoms with E-state index in [2.05, 4.69) is 0 Å². The van der Waals surface area contributed by atoms with Gasteiger partial charge in [-0.2, -0.15) is 0 Å². The summed E-state index contributed by atoms with van der Waals surface area (Å²) in [4.78, 5) is 13.8. The summed E-state index contributed by atoms with van der Waals surface area (Å²) >= 11 is 0. The maximum Gasteiger partial charge on any atom is 0.248 e. The highest BCUT2D eigenvalue weighted by Crippen LogP contribution is 2.36. The van der Waals surface area contributed by atoms with Gasteiger partial charge in [0.25, 0.3) is 0 Å². The maximum absolute atomic E-state index is 13.4. The Balaban J connectivity index is 1.95. The van der Waals surface area contributed by atoms with Crippen LogP contribution in [0.2, 0.25) is 0 Å². The molecular formula is C16H15FN2O2. The summed E-state index contributed by atoms with van der Waals surface area (Å²) in [5.41, 5.74) is 7.99. The van der Waals surface area contributed by atoms with E-state index in [4.69, 9.17) is 10.5 Å². The Morgan fingerprint density at radius 1 is 1.29 bits per heavy atom. The highest BCUT2D eigenvalue weighted by atomic mass is 19.1. The van der Waals surface area contributed by atoms with Gasteiger partial charge >= 0.3 is 0 Å². The molecule has 2 N–H and O–H groups in total. The van der Waals surface area contributed by atoms with Gasteiger partial charge in [-0.05, 0) is 29.8 Å². The molecular weight excluding hydrogens is 271 g/mol. The first kappa shape index (κ1) is 13.6. The number of methoxy groups -OCH3 is 1. The van der Waals surface area contributed by atoms with Crippen molar-refractivity contribution in [3.63, 3.8) is 0 Å². The van der Waals surface area contributed by atoms with Crippen LogP contribution in [0.4, 0.5) is 10.1 Å². The van der Waals surface area contributed by atoms with Crippen molar-refractivity contribution in [2.75, 3.05) is 12.0 Å². The Labute approximate surface area is 121 Å². The standard InChI is InChI=1S/C16H15FN2O2/c1-21-12-4-2-3-10(7-12)9-19-14-8-11(17)5-6-13(14)15(18)16(19)20/h2-8,15H,9,18H2,1H3. The van der Waals surface area contributed by atoms with Gasteiger partial charge in [0, 0.05) is 5.56 Å². The second-order valence-corrected chi connectivity index (χ2v) is 4.96. The number of hydrogen-bond donors (Lipinski definition) is 1. The summed E-state index contributed by atoms with van der Waals surface area (Å²) in [6.07, 6.45) is 0. The number of fused-ring (bicyclic) bond motifs is 1. The number of nitrogens with two attached hydrogens (primary N) is 1. The molecule has 0 saturated carbocycles. The smallest absolute Gasteiger partial charge is 0.248 e. The van der Waals surface area contributed by atoms with Crippen LogP contribution in [0.25, 0.3) is 0 Å². The zero-order chi connectivity index (χ0) is 15.0. The van der Waals surface area contributed by atoms with Gasteiger partial charge in [0.15, 0.2) is 0 Å². The van der Waals surface area contributed by atoms with Gasteiger partial charge in [-0.25, -0.2) is 4.39 Å². The molecule has 1 amide bonds. The van der Waals surface area contributed by atoms with Crippen LogP contribution >= 0.6 is 0 Å². The lowest BCUT2D eigenvalue weighted by atomic mass is 10.1. The van der Waals surface area contributed by atoms with Crippen molar-refractivity contribution < 1.29 is 13.9 Å². The normalized spacial score (nSPS) is 17.0. The average molecular weight is 286 g/mol. The minimum Gasteiger partial charge on any atom is -0.497 e. The van der Waals surface area contributed by atoms with Crippen LogP contribution in [0, 0.1) is 5.82 Å². The molecule has 4 nitrogen and oxygen atoms in total. The number of ether oxygens (including phenoxy) is 1. The van der Waals surface area contributed by atoms with Crippen LogP contribution in [0.1, 0.15) is 17.2 Å². The summed E-state index contributed by atoms with van der Waals surface area (Å²) in [6.45, 7) is 0.334. The molecule has 0 bridgehead atoms. The summed E-state index contributed by atoms with van der Waals surface area (Å²) < 4.78 is 18.6. The van der Waals surface area contributed by atoms with Crippen molar-refractivity contribution in [1.82, 2.24) is 0 Å². The molecule has 0 saturated heterocycles. The van der Waals surface area contributed by atoms with Gasteiger partial charge in [-0.1, -0.05) is 18.2 Å². The number of nitrogens with zero attached hydrogens (tertiary/aromatic N) is 1. The zero-order valence-electron chi connectivity index (χ0n) is 11.5. The number of halogens is 1. The quantitative estimate of drug-likeness (QED) is 0.942. The van der Waals surface area contributed by atoms with Crippen molar-refractivity contribution in [3.8, 4) is 5.75 Å². The monoisotopic (exact) mass is 286 g/mol. The van der Waals surface area contributed by atoms with Crippen LogP contribution in [-0.4, -0.2) is 13.0 Å². The van der Waals surface area contributed by atoms with E-state index in [1.807, 2.05) is 24.3 Å². The summed E-state index contributed by atoms with van der Waals surface area (Å²) in [6, 6.07) is 10.9. The Bertz CT molecular complexity index is 702. The molecule has 1 aliphatic heterocycles. The largest absolute Gasteiger partial charge is 0.497 e. The van der Waals surface area contributed by atoms with Crippen molar-refractivity contribution >= 4 is 11.6 Å². The van der Waals surface area contributed by atoms with Crippen molar-refractivity contribution in [2.45, 2.75) is 12.6 Å². The topological polar surface area (TPSA) is 55.6 Å². The third kappa shape index (κ3) is 2.36. The van der Waals surface area contributed by atoms with E-state index in [1.165, 1.54) is 17.0 Å². The van der Waals surface area contributed by atoms with Gasteiger partial charge in [0.2, 0.25) is 5.91 Å². The highest BCUT2D eigenvalue weighted by Gasteiger charge is 2.34. The van der Waals surface area contributed by atoms with Crippen LogP contribution in [-0.2, 0) is 11.3 Å².